The molecule has 0 atom stereocenters. The molecule has 4 aromatic rings. The molecule has 0 spiro atoms. The molecule has 2 aromatic carbocycles. The van der Waals surface area contributed by atoms with Crippen LogP contribution in [0.15, 0.2) is 53.9 Å². The Hall–Kier alpha value is -3.60. The summed E-state index contributed by atoms with van der Waals surface area (Å²) >= 11 is 1.50. The minimum Gasteiger partial charge on any atom is -0.319 e. The Morgan fingerprint density at radius 2 is 2.07 bits per heavy atom. The molecule has 9 nitrogen and oxygen atoms in total. The number of hydrogen-bond donors (Lipinski definition) is 2. The number of aromatic amines is 1. The number of rotatable bonds is 6. The summed E-state index contributed by atoms with van der Waals surface area (Å²) in [7, 11) is 0. The lowest BCUT2D eigenvalue weighted by Gasteiger charge is -2.09. The normalized spacial score (nSPS) is 10.8. The first-order chi connectivity index (χ1) is 14.1. The maximum atomic E-state index is 14.2. The molecule has 0 unspecified atom stereocenters. The van der Waals surface area contributed by atoms with E-state index in [0.717, 1.165) is 10.7 Å². The summed E-state index contributed by atoms with van der Waals surface area (Å²) in [6.07, 6.45) is 1.45. The van der Waals surface area contributed by atoms with Crippen molar-refractivity contribution in [3.05, 3.63) is 71.6 Å². The van der Waals surface area contributed by atoms with Gasteiger partial charge in [0.1, 0.15) is 12.1 Å². The molecule has 0 aliphatic heterocycles. The SMILES string of the molecule is Cc1nnnn1-c1ccc(F)c(NC(=O)c2ccc(CSc3ncn[nH]3)cc2)c1. The van der Waals surface area contributed by atoms with Gasteiger partial charge < -0.3 is 5.32 Å². The second-order valence-corrected chi connectivity index (χ2v) is 7.00. The van der Waals surface area contributed by atoms with Crippen LogP contribution in [0.5, 0.6) is 0 Å². The van der Waals surface area contributed by atoms with Crippen molar-refractivity contribution in [2.45, 2.75) is 17.8 Å². The van der Waals surface area contributed by atoms with Crippen LogP contribution in [0.1, 0.15) is 21.7 Å². The number of H-pyrrole nitrogens is 1. The summed E-state index contributed by atoms with van der Waals surface area (Å²) in [5.74, 6) is 0.267. The number of benzene rings is 2. The molecule has 2 N–H and O–H groups in total. The van der Waals surface area contributed by atoms with Gasteiger partial charge in [-0.2, -0.15) is 9.78 Å². The second-order valence-electron chi connectivity index (χ2n) is 6.03. The third-order valence-electron chi connectivity index (χ3n) is 4.05. The van der Waals surface area contributed by atoms with Crippen molar-refractivity contribution in [1.29, 1.82) is 0 Å². The third kappa shape index (κ3) is 4.29. The maximum absolute atomic E-state index is 14.2. The van der Waals surface area contributed by atoms with E-state index in [-0.39, 0.29) is 5.69 Å². The van der Waals surface area contributed by atoms with Crippen molar-refractivity contribution in [2.75, 3.05) is 5.32 Å². The number of carbonyl (C=O) groups excluding carboxylic acids is 1. The highest BCUT2D eigenvalue weighted by Crippen LogP contribution is 2.21. The first-order valence-corrected chi connectivity index (χ1v) is 9.52. The Labute approximate surface area is 168 Å². The van der Waals surface area contributed by atoms with Crippen molar-refractivity contribution >= 4 is 23.4 Å². The molecule has 11 heteroatoms. The maximum Gasteiger partial charge on any atom is 0.255 e. The summed E-state index contributed by atoms with van der Waals surface area (Å²) in [5, 5.41) is 21.1. The van der Waals surface area contributed by atoms with E-state index in [4.69, 9.17) is 0 Å². The van der Waals surface area contributed by atoms with Gasteiger partial charge in [-0.15, -0.1) is 5.10 Å². The van der Waals surface area contributed by atoms with Crippen LogP contribution in [0.4, 0.5) is 10.1 Å². The molecular formula is C18H15FN8OS. The van der Waals surface area contributed by atoms with Crippen LogP contribution in [0.3, 0.4) is 0 Å². The van der Waals surface area contributed by atoms with Crippen LogP contribution in [0, 0.1) is 12.7 Å². The number of anilines is 1. The van der Waals surface area contributed by atoms with Gasteiger partial charge in [0.05, 0.1) is 11.4 Å². The predicted octanol–water partition coefficient (Wildman–Crippen LogP) is 2.77. The summed E-state index contributed by atoms with van der Waals surface area (Å²) < 4.78 is 15.6. The van der Waals surface area contributed by atoms with Crippen LogP contribution in [0.25, 0.3) is 5.69 Å². The lowest BCUT2D eigenvalue weighted by molar-refractivity contribution is 0.102. The number of nitrogens with one attached hydrogen (secondary N) is 2. The van der Waals surface area contributed by atoms with E-state index in [0.29, 0.717) is 22.8 Å². The van der Waals surface area contributed by atoms with Gasteiger partial charge in [-0.05, 0) is 53.2 Å². The summed E-state index contributed by atoms with van der Waals surface area (Å²) in [6.45, 7) is 1.73. The Bertz CT molecular complexity index is 1130. The molecule has 0 bridgehead atoms. The molecule has 0 radical (unpaired) electrons. The number of aromatic nitrogens is 7. The van der Waals surface area contributed by atoms with Crippen LogP contribution in [-0.4, -0.2) is 41.3 Å². The standard InChI is InChI=1S/C18H15FN8OS/c1-11-23-25-26-27(11)14-6-7-15(19)16(8-14)22-17(28)13-4-2-12(3-5-13)9-29-18-20-10-21-24-18/h2-8,10H,9H2,1H3,(H,22,28)(H,20,21,24). The molecular weight excluding hydrogens is 395 g/mol. The summed E-state index contributed by atoms with van der Waals surface area (Å²) in [6, 6.07) is 11.4. The number of amides is 1. The zero-order valence-electron chi connectivity index (χ0n) is 15.2. The molecule has 0 aliphatic carbocycles. The van der Waals surface area contributed by atoms with Gasteiger partial charge in [-0.3, -0.25) is 9.89 Å². The number of hydrogen-bond acceptors (Lipinski definition) is 7. The van der Waals surface area contributed by atoms with Gasteiger partial charge in [-0.25, -0.2) is 9.37 Å². The molecule has 0 fully saturated rings. The largest absolute Gasteiger partial charge is 0.319 e. The van der Waals surface area contributed by atoms with Crippen molar-refractivity contribution < 1.29 is 9.18 Å². The topological polar surface area (TPSA) is 114 Å². The van der Waals surface area contributed by atoms with Crippen LogP contribution in [-0.2, 0) is 5.75 Å². The first kappa shape index (κ1) is 18.7. The number of aryl methyl sites for hydroxylation is 1. The fraction of sp³-hybridized carbons (Fsp3) is 0.111. The minimum absolute atomic E-state index is 0.0485. The van der Waals surface area contributed by atoms with Gasteiger partial charge in [-0.1, -0.05) is 23.9 Å². The van der Waals surface area contributed by atoms with Crippen LogP contribution >= 0.6 is 11.8 Å². The number of tetrazole rings is 1. The Morgan fingerprint density at radius 1 is 1.24 bits per heavy atom. The quantitative estimate of drug-likeness (QED) is 0.470. The third-order valence-corrected chi connectivity index (χ3v) is 5.00. The summed E-state index contributed by atoms with van der Waals surface area (Å²) in [5.41, 5.74) is 2.03. The highest BCUT2D eigenvalue weighted by atomic mass is 32.2. The molecule has 4 rings (SSSR count). The van der Waals surface area contributed by atoms with Gasteiger partial charge in [0.15, 0.2) is 11.0 Å². The molecule has 29 heavy (non-hydrogen) atoms. The molecule has 146 valence electrons. The molecule has 0 saturated carbocycles. The average molecular weight is 410 g/mol. The molecule has 2 aromatic heterocycles. The van der Waals surface area contributed by atoms with E-state index in [9.17, 15) is 9.18 Å². The molecule has 0 aliphatic rings. The molecule has 0 saturated heterocycles. The van der Waals surface area contributed by atoms with E-state index >= 15 is 0 Å². The van der Waals surface area contributed by atoms with E-state index in [1.807, 2.05) is 12.1 Å². The van der Waals surface area contributed by atoms with Gasteiger partial charge in [0.2, 0.25) is 0 Å². The van der Waals surface area contributed by atoms with Crippen LogP contribution in [0.2, 0.25) is 0 Å². The average Bonchev–Trinajstić information content (AvgIpc) is 3.40. The monoisotopic (exact) mass is 410 g/mol. The minimum atomic E-state index is -0.548. The first-order valence-electron chi connectivity index (χ1n) is 8.53. The lowest BCUT2D eigenvalue weighted by atomic mass is 10.1. The van der Waals surface area contributed by atoms with Crippen molar-refractivity contribution in [2.24, 2.45) is 0 Å². The zero-order valence-corrected chi connectivity index (χ0v) is 16.0. The highest BCUT2D eigenvalue weighted by Gasteiger charge is 2.12. The number of nitrogens with zero attached hydrogens (tertiary/aromatic N) is 6. The number of thioether (sulfide) groups is 1. The van der Waals surface area contributed by atoms with Crippen molar-refractivity contribution in [3.63, 3.8) is 0 Å². The zero-order chi connectivity index (χ0) is 20.2. The van der Waals surface area contributed by atoms with Gasteiger partial charge >= 0.3 is 0 Å². The van der Waals surface area contributed by atoms with E-state index in [2.05, 4.69) is 36.0 Å². The van der Waals surface area contributed by atoms with Gasteiger partial charge in [0.25, 0.3) is 5.91 Å². The predicted molar refractivity (Wildman–Crippen MR) is 104 cm³/mol. The number of halogens is 1. The Morgan fingerprint density at radius 3 is 2.76 bits per heavy atom. The second kappa shape index (κ2) is 8.19. The number of carbonyl (C=O) groups is 1. The molecule has 1 amide bonds. The fourth-order valence-corrected chi connectivity index (χ4v) is 3.31. The van der Waals surface area contributed by atoms with E-state index < -0.39 is 11.7 Å². The summed E-state index contributed by atoms with van der Waals surface area (Å²) in [4.78, 5) is 16.6. The van der Waals surface area contributed by atoms with Crippen LogP contribution < -0.4 is 5.32 Å². The Kier molecular flexibility index (Phi) is 5.29. The highest BCUT2D eigenvalue weighted by molar-refractivity contribution is 7.98. The van der Waals surface area contributed by atoms with E-state index in [1.165, 1.54) is 41.0 Å². The van der Waals surface area contributed by atoms with Crippen molar-refractivity contribution in [1.82, 2.24) is 35.4 Å². The lowest BCUT2D eigenvalue weighted by Crippen LogP contribution is -2.13. The van der Waals surface area contributed by atoms with Gasteiger partial charge in [0, 0.05) is 11.3 Å². The fourth-order valence-electron chi connectivity index (χ4n) is 2.57. The molecule has 2 heterocycles. The Balaban J connectivity index is 1.45. The van der Waals surface area contributed by atoms with Crippen molar-refractivity contribution in [3.8, 4) is 5.69 Å². The van der Waals surface area contributed by atoms with E-state index in [1.54, 1.807) is 19.1 Å². The smallest absolute Gasteiger partial charge is 0.255 e.